The van der Waals surface area contributed by atoms with Crippen LogP contribution in [0.25, 0.3) is 0 Å². The largest absolute Gasteiger partial charge is 0.338 e. The summed E-state index contributed by atoms with van der Waals surface area (Å²) in [6.45, 7) is 9.11. The Kier molecular flexibility index (Phi) is 5.55. The molecule has 1 fully saturated rings. The van der Waals surface area contributed by atoms with Crippen LogP contribution < -0.4 is 0 Å². The maximum absolute atomic E-state index is 12.1. The minimum Gasteiger partial charge on any atom is -0.338 e. The summed E-state index contributed by atoms with van der Waals surface area (Å²) in [5.74, 6) is 0.431. The minimum atomic E-state index is -2.90. The Labute approximate surface area is 116 Å². The Hall–Kier alpha value is -0.880. The van der Waals surface area contributed by atoms with E-state index in [4.69, 9.17) is 0 Å². The summed E-state index contributed by atoms with van der Waals surface area (Å²) < 4.78 is 22.9. The molecule has 0 aromatic heterocycles. The molecule has 0 radical (unpaired) electrons. The van der Waals surface area contributed by atoms with Gasteiger partial charge in [0.15, 0.2) is 9.84 Å². The molecule has 0 aromatic carbocycles. The zero-order valence-corrected chi connectivity index (χ0v) is 12.9. The Morgan fingerprint density at radius 2 is 2.00 bits per heavy atom. The number of amides is 1. The van der Waals surface area contributed by atoms with Gasteiger partial charge in [0.05, 0.1) is 18.1 Å². The lowest BCUT2D eigenvalue weighted by atomic mass is 10.2. The quantitative estimate of drug-likeness (QED) is 0.669. The van der Waals surface area contributed by atoms with E-state index in [2.05, 4.69) is 6.58 Å². The van der Waals surface area contributed by atoms with Crippen molar-refractivity contribution in [1.82, 2.24) is 9.80 Å². The maximum atomic E-state index is 12.1. The van der Waals surface area contributed by atoms with Crippen LogP contribution in [-0.4, -0.2) is 68.4 Å². The van der Waals surface area contributed by atoms with Crippen molar-refractivity contribution >= 4 is 15.7 Å². The number of hydrogen-bond acceptors (Lipinski definition) is 4. The second-order valence-electron chi connectivity index (χ2n) is 5.34. The average molecular weight is 288 g/mol. The molecule has 1 aliphatic rings. The molecule has 1 atom stereocenters. The molecule has 1 aliphatic heterocycles. The lowest BCUT2D eigenvalue weighted by molar-refractivity contribution is -0.131. The van der Waals surface area contributed by atoms with Crippen molar-refractivity contribution in [2.75, 3.05) is 38.2 Å². The predicted molar refractivity (Wildman–Crippen MR) is 76.8 cm³/mol. The molecule has 6 heteroatoms. The molecule has 1 saturated heterocycles. The Morgan fingerprint density at radius 3 is 2.42 bits per heavy atom. The van der Waals surface area contributed by atoms with Gasteiger partial charge in [0.25, 0.3) is 0 Å². The van der Waals surface area contributed by atoms with Gasteiger partial charge < -0.3 is 4.90 Å². The molecule has 0 N–H and O–H groups in total. The third-order valence-corrected chi connectivity index (χ3v) is 5.16. The first-order chi connectivity index (χ1) is 8.75. The smallest absolute Gasteiger partial charge is 0.237 e. The van der Waals surface area contributed by atoms with Gasteiger partial charge in [0.1, 0.15) is 0 Å². The highest BCUT2D eigenvalue weighted by atomic mass is 32.2. The van der Waals surface area contributed by atoms with E-state index in [0.29, 0.717) is 19.5 Å². The van der Waals surface area contributed by atoms with Gasteiger partial charge in [-0.25, -0.2) is 8.42 Å². The fourth-order valence-corrected chi connectivity index (χ4v) is 4.07. The third kappa shape index (κ3) is 4.95. The van der Waals surface area contributed by atoms with Gasteiger partial charge >= 0.3 is 0 Å². The molecule has 19 heavy (non-hydrogen) atoms. The van der Waals surface area contributed by atoms with Crippen LogP contribution in [0.1, 0.15) is 20.3 Å². The third-order valence-electron chi connectivity index (χ3n) is 3.41. The van der Waals surface area contributed by atoms with E-state index < -0.39 is 9.84 Å². The van der Waals surface area contributed by atoms with Gasteiger partial charge in [-0.15, -0.1) is 0 Å². The lowest BCUT2D eigenvalue weighted by Gasteiger charge is -2.27. The van der Waals surface area contributed by atoms with Crippen LogP contribution in [0.2, 0.25) is 0 Å². The molecule has 0 aromatic rings. The first-order valence-corrected chi connectivity index (χ1v) is 8.40. The van der Waals surface area contributed by atoms with Crippen LogP contribution in [0, 0.1) is 0 Å². The van der Waals surface area contributed by atoms with Gasteiger partial charge in [-0.05, 0) is 27.3 Å². The van der Waals surface area contributed by atoms with E-state index in [1.807, 2.05) is 25.8 Å². The van der Waals surface area contributed by atoms with Gasteiger partial charge in [0, 0.05) is 19.1 Å². The number of sulfone groups is 1. The lowest BCUT2D eigenvalue weighted by Crippen LogP contribution is -2.43. The summed E-state index contributed by atoms with van der Waals surface area (Å²) in [5.41, 5.74) is 0.946. The summed E-state index contributed by atoms with van der Waals surface area (Å²) in [7, 11) is -1.08. The molecule has 1 amide bonds. The molecule has 1 heterocycles. The van der Waals surface area contributed by atoms with Crippen molar-refractivity contribution in [2.45, 2.75) is 26.3 Å². The van der Waals surface area contributed by atoms with E-state index >= 15 is 0 Å². The number of rotatable bonds is 6. The van der Waals surface area contributed by atoms with Crippen molar-refractivity contribution < 1.29 is 13.2 Å². The first-order valence-electron chi connectivity index (χ1n) is 6.58. The second kappa shape index (κ2) is 6.52. The van der Waals surface area contributed by atoms with Crippen molar-refractivity contribution in [2.24, 2.45) is 0 Å². The molecule has 0 spiro atoms. The van der Waals surface area contributed by atoms with Gasteiger partial charge in [0.2, 0.25) is 5.91 Å². The minimum absolute atomic E-state index is 0.0253. The molecule has 110 valence electrons. The van der Waals surface area contributed by atoms with Gasteiger partial charge in [-0.3, -0.25) is 9.69 Å². The summed E-state index contributed by atoms with van der Waals surface area (Å²) >= 11 is 0. The molecule has 0 aliphatic carbocycles. The number of hydrogen-bond donors (Lipinski definition) is 0. The SMILES string of the molecule is C=C(C)CN(CC)C(=O)CN(C)C1CCS(=O)(=O)C1. The van der Waals surface area contributed by atoms with E-state index in [1.54, 1.807) is 4.90 Å². The van der Waals surface area contributed by atoms with Gasteiger partial charge in [-0.2, -0.15) is 0 Å². The summed E-state index contributed by atoms with van der Waals surface area (Å²) in [5, 5.41) is 0. The standard InChI is InChI=1S/C13H24N2O3S/c1-5-15(8-11(2)3)13(16)9-14(4)12-6-7-19(17,18)10-12/h12H,2,5-10H2,1,3-4H3. The van der Waals surface area contributed by atoms with Crippen LogP contribution in [0.3, 0.4) is 0 Å². The van der Waals surface area contributed by atoms with E-state index in [1.165, 1.54) is 0 Å². The number of likely N-dealkylation sites (N-methyl/N-ethyl adjacent to an activating group) is 2. The number of nitrogens with zero attached hydrogens (tertiary/aromatic N) is 2. The first kappa shape index (κ1) is 16.2. The van der Waals surface area contributed by atoms with Crippen LogP contribution in [0.4, 0.5) is 0 Å². The summed E-state index contributed by atoms with van der Waals surface area (Å²) in [6, 6.07) is -0.0301. The molecule has 0 bridgehead atoms. The van der Waals surface area contributed by atoms with Crippen LogP contribution >= 0.6 is 0 Å². The van der Waals surface area contributed by atoms with E-state index in [-0.39, 0.29) is 30.0 Å². The molecule has 5 nitrogen and oxygen atoms in total. The van der Waals surface area contributed by atoms with E-state index in [9.17, 15) is 13.2 Å². The molecule has 1 rings (SSSR count). The second-order valence-corrected chi connectivity index (χ2v) is 7.57. The van der Waals surface area contributed by atoms with Crippen LogP contribution in [-0.2, 0) is 14.6 Å². The Bertz CT molecular complexity index is 445. The topological polar surface area (TPSA) is 57.7 Å². The molecule has 0 saturated carbocycles. The van der Waals surface area contributed by atoms with E-state index in [0.717, 1.165) is 5.57 Å². The Balaban J connectivity index is 2.54. The van der Waals surface area contributed by atoms with Crippen molar-refractivity contribution in [3.63, 3.8) is 0 Å². The molecular weight excluding hydrogens is 264 g/mol. The monoisotopic (exact) mass is 288 g/mol. The van der Waals surface area contributed by atoms with Crippen molar-refractivity contribution in [3.8, 4) is 0 Å². The van der Waals surface area contributed by atoms with Crippen LogP contribution in [0.5, 0.6) is 0 Å². The summed E-state index contributed by atoms with van der Waals surface area (Å²) in [4.78, 5) is 15.7. The molecular formula is C13H24N2O3S. The van der Waals surface area contributed by atoms with Crippen molar-refractivity contribution in [3.05, 3.63) is 12.2 Å². The highest BCUT2D eigenvalue weighted by Crippen LogP contribution is 2.16. The zero-order valence-electron chi connectivity index (χ0n) is 12.1. The fraction of sp³-hybridized carbons (Fsp3) is 0.769. The Morgan fingerprint density at radius 1 is 1.37 bits per heavy atom. The highest BCUT2D eigenvalue weighted by molar-refractivity contribution is 7.91. The number of carbonyl (C=O) groups excluding carboxylic acids is 1. The predicted octanol–water partition coefficient (Wildman–Crippen LogP) is 0.530. The normalized spacial score (nSPS) is 21.6. The van der Waals surface area contributed by atoms with Crippen LogP contribution in [0.15, 0.2) is 12.2 Å². The highest BCUT2D eigenvalue weighted by Gasteiger charge is 2.31. The average Bonchev–Trinajstić information content (AvgIpc) is 2.66. The number of carbonyl (C=O) groups is 1. The maximum Gasteiger partial charge on any atom is 0.237 e. The fourth-order valence-electron chi connectivity index (χ4n) is 2.27. The zero-order chi connectivity index (χ0) is 14.6. The van der Waals surface area contributed by atoms with Crippen molar-refractivity contribution in [1.29, 1.82) is 0 Å². The van der Waals surface area contributed by atoms with Gasteiger partial charge in [-0.1, -0.05) is 12.2 Å². The summed E-state index contributed by atoms with van der Waals surface area (Å²) in [6.07, 6.45) is 0.624. The molecule has 1 unspecified atom stereocenters.